The minimum atomic E-state index is -1.13. The lowest BCUT2D eigenvalue weighted by molar-refractivity contribution is -0.135. The van der Waals surface area contributed by atoms with Crippen LogP contribution in [0.3, 0.4) is 0 Å². The number of amides is 3. The number of fused-ring (bicyclic) bond motifs is 7. The van der Waals surface area contributed by atoms with Gasteiger partial charge in [-0.25, -0.2) is 4.90 Å². The van der Waals surface area contributed by atoms with Crippen molar-refractivity contribution in [2.24, 2.45) is 11.8 Å². The molecule has 7 heteroatoms. The molecule has 4 aliphatic rings. The largest absolute Gasteiger partial charge is 0.324 e. The molecule has 1 N–H and O–H groups in total. The molecule has 4 heterocycles. The van der Waals surface area contributed by atoms with Crippen LogP contribution < -0.4 is 10.2 Å². The van der Waals surface area contributed by atoms with E-state index in [1.807, 2.05) is 50.2 Å². The van der Waals surface area contributed by atoms with Crippen LogP contribution in [-0.4, -0.2) is 35.2 Å². The molecule has 6 nitrogen and oxygen atoms in total. The number of halogens is 1. The second-order valence-corrected chi connectivity index (χ2v) is 10.0. The Bertz CT molecular complexity index is 1190. The van der Waals surface area contributed by atoms with Gasteiger partial charge in [0, 0.05) is 21.8 Å². The first-order valence-electron chi connectivity index (χ1n) is 10.7. The molecule has 3 amide bonds. The number of hydrogen-bond acceptors (Lipinski definition) is 4. The normalized spacial score (nSPS) is 31.4. The maximum Gasteiger partial charge on any atom is 0.250 e. The minimum Gasteiger partial charge on any atom is -0.324 e. The molecule has 2 aromatic rings. The number of carbonyl (C=O) groups excluding carboxylic acids is 3. The van der Waals surface area contributed by atoms with Gasteiger partial charge in [0.05, 0.1) is 17.5 Å². The Morgan fingerprint density at radius 1 is 1.06 bits per heavy atom. The molecule has 3 fully saturated rings. The van der Waals surface area contributed by atoms with Gasteiger partial charge >= 0.3 is 0 Å². The second-order valence-electron chi connectivity index (χ2n) is 9.12. The Hall–Kier alpha value is -2.51. The van der Waals surface area contributed by atoms with Crippen LogP contribution >= 0.6 is 15.9 Å². The quantitative estimate of drug-likeness (QED) is 0.635. The minimum absolute atomic E-state index is 0.104. The lowest BCUT2D eigenvalue weighted by Crippen LogP contribution is -2.54. The highest BCUT2D eigenvalue weighted by molar-refractivity contribution is 9.10. The van der Waals surface area contributed by atoms with Crippen molar-refractivity contribution in [1.82, 2.24) is 4.90 Å². The van der Waals surface area contributed by atoms with Crippen LogP contribution in [-0.2, 0) is 19.9 Å². The fraction of sp³-hybridized carbons (Fsp3) is 0.375. The van der Waals surface area contributed by atoms with Crippen LogP contribution in [0.5, 0.6) is 0 Å². The second kappa shape index (κ2) is 6.26. The van der Waals surface area contributed by atoms with Crippen molar-refractivity contribution >= 4 is 45.0 Å². The first-order valence-corrected chi connectivity index (χ1v) is 11.5. The fourth-order valence-electron chi connectivity index (χ4n) is 6.47. The van der Waals surface area contributed by atoms with E-state index in [1.165, 1.54) is 4.90 Å². The molecule has 0 saturated carbocycles. The van der Waals surface area contributed by atoms with Gasteiger partial charge in [0.15, 0.2) is 0 Å². The summed E-state index contributed by atoms with van der Waals surface area (Å²) in [6.07, 6.45) is 1.73. The van der Waals surface area contributed by atoms with E-state index >= 15 is 0 Å². The molecule has 31 heavy (non-hydrogen) atoms. The van der Waals surface area contributed by atoms with Gasteiger partial charge in [0.2, 0.25) is 17.7 Å². The number of nitrogens with one attached hydrogen (secondary N) is 1. The standard InChI is InChI=1S/C24H22BrN3O3/c1-12-5-8-17(13(2)10-12)28-21(29)19-18-4-3-9-27(18)24(20(19)22(28)30)15-11-14(25)6-7-16(15)26-23(24)31/h5-8,10-11,18-20H,3-4,9H2,1-2H3,(H,26,31)/t18-,19+,20-,24-/m0/s1. The summed E-state index contributed by atoms with van der Waals surface area (Å²) in [7, 11) is 0. The Balaban J connectivity index is 1.57. The molecular formula is C24H22BrN3O3. The summed E-state index contributed by atoms with van der Waals surface area (Å²) < 4.78 is 0.851. The van der Waals surface area contributed by atoms with Crippen LogP contribution in [0, 0.1) is 25.7 Å². The van der Waals surface area contributed by atoms with Crippen molar-refractivity contribution in [3.05, 3.63) is 57.6 Å². The van der Waals surface area contributed by atoms with E-state index < -0.39 is 17.4 Å². The zero-order chi connectivity index (χ0) is 21.7. The molecule has 4 aliphatic heterocycles. The summed E-state index contributed by atoms with van der Waals surface area (Å²) in [4.78, 5) is 44.8. The molecule has 0 unspecified atom stereocenters. The van der Waals surface area contributed by atoms with Crippen LogP contribution in [0.4, 0.5) is 11.4 Å². The predicted octanol–water partition coefficient (Wildman–Crippen LogP) is 3.50. The molecule has 0 radical (unpaired) electrons. The smallest absolute Gasteiger partial charge is 0.250 e. The third-order valence-corrected chi connectivity index (χ3v) is 8.04. The first-order chi connectivity index (χ1) is 14.9. The van der Waals surface area contributed by atoms with Gasteiger partial charge in [-0.2, -0.15) is 0 Å². The van der Waals surface area contributed by atoms with E-state index in [-0.39, 0.29) is 23.8 Å². The van der Waals surface area contributed by atoms with Crippen molar-refractivity contribution in [2.45, 2.75) is 38.3 Å². The number of hydrogen-bond donors (Lipinski definition) is 1. The Kier molecular flexibility index (Phi) is 3.88. The summed E-state index contributed by atoms with van der Waals surface area (Å²) in [6.45, 7) is 4.62. The number of benzene rings is 2. The van der Waals surface area contributed by atoms with Crippen molar-refractivity contribution in [1.29, 1.82) is 0 Å². The van der Waals surface area contributed by atoms with Crippen molar-refractivity contribution in [2.75, 3.05) is 16.8 Å². The zero-order valence-electron chi connectivity index (χ0n) is 17.3. The molecule has 0 bridgehead atoms. The monoisotopic (exact) mass is 479 g/mol. The van der Waals surface area contributed by atoms with Crippen molar-refractivity contribution < 1.29 is 14.4 Å². The molecule has 4 atom stereocenters. The molecule has 2 aromatic carbocycles. The first kappa shape index (κ1) is 19.2. The van der Waals surface area contributed by atoms with Gasteiger partial charge < -0.3 is 5.32 Å². The van der Waals surface area contributed by atoms with Gasteiger partial charge in [-0.15, -0.1) is 0 Å². The zero-order valence-corrected chi connectivity index (χ0v) is 18.9. The van der Waals surface area contributed by atoms with E-state index in [2.05, 4.69) is 26.1 Å². The predicted molar refractivity (Wildman–Crippen MR) is 120 cm³/mol. The van der Waals surface area contributed by atoms with Gasteiger partial charge in [-0.05, 0) is 63.1 Å². The molecule has 158 valence electrons. The highest BCUT2D eigenvalue weighted by atomic mass is 79.9. The molecule has 0 aliphatic carbocycles. The SMILES string of the molecule is Cc1ccc(N2C(=O)[C@H]3[C@@H](C2=O)[C@@]2(C(=O)Nc4ccc(Br)cc42)N2CCC[C@@H]32)c(C)c1. The number of carbonyl (C=O) groups is 3. The van der Waals surface area contributed by atoms with E-state index in [9.17, 15) is 14.4 Å². The van der Waals surface area contributed by atoms with Crippen LogP contribution in [0.25, 0.3) is 0 Å². The summed E-state index contributed by atoms with van der Waals surface area (Å²) >= 11 is 3.53. The maximum atomic E-state index is 14.0. The van der Waals surface area contributed by atoms with Crippen LogP contribution in [0.15, 0.2) is 40.9 Å². The number of aryl methyl sites for hydroxylation is 2. The van der Waals surface area contributed by atoms with E-state index in [1.54, 1.807) is 0 Å². The summed E-state index contributed by atoms with van der Waals surface area (Å²) in [6, 6.07) is 11.3. The van der Waals surface area contributed by atoms with E-state index in [0.717, 1.165) is 39.7 Å². The maximum absolute atomic E-state index is 14.0. The van der Waals surface area contributed by atoms with Crippen molar-refractivity contribution in [3.8, 4) is 0 Å². The lowest BCUT2D eigenvalue weighted by atomic mass is 9.75. The highest BCUT2D eigenvalue weighted by Crippen LogP contribution is 2.61. The third-order valence-electron chi connectivity index (χ3n) is 7.55. The topological polar surface area (TPSA) is 69.7 Å². The summed E-state index contributed by atoms with van der Waals surface area (Å²) in [5.41, 5.74) is 2.98. The summed E-state index contributed by atoms with van der Waals surface area (Å²) in [5.74, 6) is -1.86. The Labute approximate surface area is 188 Å². The van der Waals surface area contributed by atoms with Gasteiger partial charge in [-0.3, -0.25) is 19.3 Å². The number of imide groups is 1. The van der Waals surface area contributed by atoms with E-state index in [0.29, 0.717) is 12.2 Å². The summed E-state index contributed by atoms with van der Waals surface area (Å²) in [5, 5.41) is 3.01. The number of rotatable bonds is 1. The van der Waals surface area contributed by atoms with Crippen LogP contribution in [0.1, 0.15) is 29.5 Å². The number of nitrogens with zero attached hydrogens (tertiary/aromatic N) is 2. The van der Waals surface area contributed by atoms with Crippen LogP contribution in [0.2, 0.25) is 0 Å². The highest BCUT2D eigenvalue weighted by Gasteiger charge is 2.74. The Morgan fingerprint density at radius 3 is 2.65 bits per heavy atom. The molecule has 1 spiro atoms. The molecular weight excluding hydrogens is 458 g/mol. The average Bonchev–Trinajstić information content (AvgIpc) is 3.42. The van der Waals surface area contributed by atoms with Gasteiger partial charge in [0.1, 0.15) is 5.54 Å². The van der Waals surface area contributed by atoms with Gasteiger partial charge in [-0.1, -0.05) is 33.6 Å². The third kappa shape index (κ3) is 2.23. The van der Waals surface area contributed by atoms with E-state index in [4.69, 9.17) is 0 Å². The lowest BCUT2D eigenvalue weighted by Gasteiger charge is -2.36. The van der Waals surface area contributed by atoms with Gasteiger partial charge in [0.25, 0.3) is 0 Å². The fourth-order valence-corrected chi connectivity index (χ4v) is 6.83. The molecule has 6 rings (SSSR count). The molecule has 0 aromatic heterocycles. The number of anilines is 2. The molecule has 3 saturated heterocycles. The van der Waals surface area contributed by atoms with Crippen molar-refractivity contribution in [3.63, 3.8) is 0 Å². The Morgan fingerprint density at radius 2 is 1.87 bits per heavy atom. The average molecular weight is 480 g/mol.